The van der Waals surface area contributed by atoms with Gasteiger partial charge in [-0.1, -0.05) is 11.6 Å². The SMILES string of the molecule is Cc1cc(C(=O)c2ccc(Br)c(Cl)c2F)sc1C. The van der Waals surface area contributed by atoms with Crippen LogP contribution in [0.4, 0.5) is 4.39 Å². The zero-order valence-electron chi connectivity index (χ0n) is 9.68. The summed E-state index contributed by atoms with van der Waals surface area (Å²) >= 11 is 10.3. The summed E-state index contributed by atoms with van der Waals surface area (Å²) in [5, 5.41) is -0.0640. The second kappa shape index (κ2) is 5.11. The van der Waals surface area contributed by atoms with Crippen LogP contribution in [-0.2, 0) is 0 Å². The first-order chi connectivity index (χ1) is 8.41. The van der Waals surface area contributed by atoms with Crippen LogP contribution in [0.5, 0.6) is 0 Å². The van der Waals surface area contributed by atoms with Crippen molar-refractivity contribution in [3.63, 3.8) is 0 Å². The Bertz CT molecular complexity index is 617. The number of rotatable bonds is 2. The van der Waals surface area contributed by atoms with Gasteiger partial charge in [0.2, 0.25) is 5.78 Å². The van der Waals surface area contributed by atoms with Crippen LogP contribution in [0.1, 0.15) is 25.7 Å². The number of halogens is 3. The first-order valence-electron chi connectivity index (χ1n) is 5.17. The second-order valence-corrected chi connectivity index (χ2v) is 6.39. The van der Waals surface area contributed by atoms with Crippen molar-refractivity contribution in [3.8, 4) is 0 Å². The lowest BCUT2D eigenvalue weighted by molar-refractivity contribution is 0.103. The summed E-state index contributed by atoms with van der Waals surface area (Å²) in [6.07, 6.45) is 0. The molecule has 0 saturated carbocycles. The summed E-state index contributed by atoms with van der Waals surface area (Å²) in [5.74, 6) is -1.01. The summed E-state index contributed by atoms with van der Waals surface area (Å²) < 4.78 is 14.4. The molecule has 1 heterocycles. The Morgan fingerprint density at radius 2 is 2.06 bits per heavy atom. The van der Waals surface area contributed by atoms with Gasteiger partial charge >= 0.3 is 0 Å². The summed E-state index contributed by atoms with van der Waals surface area (Å²) in [7, 11) is 0. The summed E-state index contributed by atoms with van der Waals surface area (Å²) in [6.45, 7) is 3.86. The quantitative estimate of drug-likeness (QED) is 0.542. The van der Waals surface area contributed by atoms with Crippen molar-refractivity contribution >= 4 is 44.7 Å². The average Bonchev–Trinajstić information content (AvgIpc) is 2.66. The Morgan fingerprint density at radius 1 is 1.39 bits per heavy atom. The van der Waals surface area contributed by atoms with Crippen LogP contribution < -0.4 is 0 Å². The van der Waals surface area contributed by atoms with E-state index in [-0.39, 0.29) is 16.4 Å². The molecule has 0 fully saturated rings. The van der Waals surface area contributed by atoms with Crippen LogP contribution >= 0.6 is 38.9 Å². The molecule has 0 spiro atoms. The Morgan fingerprint density at radius 3 is 2.61 bits per heavy atom. The predicted molar refractivity (Wildman–Crippen MR) is 76.3 cm³/mol. The third-order valence-corrected chi connectivity index (χ3v) is 5.08. The highest BCUT2D eigenvalue weighted by Crippen LogP contribution is 2.30. The predicted octanol–water partition coefficient (Wildman–Crippen LogP) is 5.15. The molecule has 0 saturated heterocycles. The third-order valence-electron chi connectivity index (χ3n) is 2.67. The molecule has 0 N–H and O–H groups in total. The molecule has 0 bridgehead atoms. The van der Waals surface area contributed by atoms with Crippen molar-refractivity contribution in [2.24, 2.45) is 0 Å². The number of hydrogen-bond donors (Lipinski definition) is 0. The standard InChI is InChI=1S/C13H9BrClFOS/c1-6-5-10(18-7(6)2)13(17)8-3-4-9(14)11(15)12(8)16/h3-5H,1-2H3. The fraction of sp³-hybridized carbons (Fsp3) is 0.154. The van der Waals surface area contributed by atoms with Gasteiger partial charge in [0.1, 0.15) is 0 Å². The van der Waals surface area contributed by atoms with Crippen LogP contribution in [0, 0.1) is 19.7 Å². The Balaban J connectivity index is 2.50. The maximum Gasteiger partial charge on any atom is 0.205 e. The number of thiophene rings is 1. The minimum Gasteiger partial charge on any atom is -0.288 e. The maximum atomic E-state index is 13.9. The highest BCUT2D eigenvalue weighted by Gasteiger charge is 2.19. The van der Waals surface area contributed by atoms with Gasteiger partial charge in [-0.25, -0.2) is 4.39 Å². The molecular formula is C13H9BrClFOS. The fourth-order valence-corrected chi connectivity index (χ4v) is 2.98. The van der Waals surface area contributed by atoms with Gasteiger partial charge in [-0.2, -0.15) is 0 Å². The van der Waals surface area contributed by atoms with Crippen molar-refractivity contribution in [1.82, 2.24) is 0 Å². The number of carbonyl (C=O) groups excluding carboxylic acids is 1. The fourth-order valence-electron chi connectivity index (χ4n) is 1.52. The van der Waals surface area contributed by atoms with E-state index in [0.717, 1.165) is 10.4 Å². The molecule has 1 aromatic carbocycles. The minimum absolute atomic E-state index is 0.00412. The lowest BCUT2D eigenvalue weighted by atomic mass is 10.1. The molecule has 0 unspecified atom stereocenters. The summed E-state index contributed by atoms with van der Waals surface area (Å²) in [6, 6.07) is 4.79. The van der Waals surface area contributed by atoms with E-state index in [1.54, 1.807) is 12.1 Å². The lowest BCUT2D eigenvalue weighted by Gasteiger charge is -2.03. The Labute approximate surface area is 122 Å². The topological polar surface area (TPSA) is 17.1 Å². The number of ketones is 1. The second-order valence-electron chi connectivity index (χ2n) is 3.90. The van der Waals surface area contributed by atoms with Gasteiger partial charge < -0.3 is 0 Å². The largest absolute Gasteiger partial charge is 0.288 e. The normalized spacial score (nSPS) is 10.7. The van der Waals surface area contributed by atoms with E-state index in [1.165, 1.54) is 17.4 Å². The number of benzene rings is 1. The van der Waals surface area contributed by atoms with Crippen LogP contribution in [-0.4, -0.2) is 5.78 Å². The van der Waals surface area contributed by atoms with Gasteiger partial charge in [0.05, 0.1) is 15.5 Å². The highest BCUT2D eigenvalue weighted by atomic mass is 79.9. The Hall–Kier alpha value is -0.710. The zero-order chi connectivity index (χ0) is 13.4. The van der Waals surface area contributed by atoms with Crippen molar-refractivity contribution in [2.45, 2.75) is 13.8 Å². The first-order valence-corrected chi connectivity index (χ1v) is 7.15. The van der Waals surface area contributed by atoms with Crippen LogP contribution in [0.25, 0.3) is 0 Å². The molecule has 1 nitrogen and oxygen atoms in total. The molecule has 2 rings (SSSR count). The molecule has 0 radical (unpaired) electrons. The van der Waals surface area contributed by atoms with Crippen molar-refractivity contribution in [2.75, 3.05) is 0 Å². The van der Waals surface area contributed by atoms with Gasteiger partial charge in [0, 0.05) is 9.35 Å². The van der Waals surface area contributed by atoms with Crippen LogP contribution in [0.3, 0.4) is 0 Å². The van der Waals surface area contributed by atoms with E-state index in [9.17, 15) is 9.18 Å². The van der Waals surface area contributed by atoms with Gasteiger partial charge in [-0.15, -0.1) is 11.3 Å². The lowest BCUT2D eigenvalue weighted by Crippen LogP contribution is -2.02. The third kappa shape index (κ3) is 2.37. The summed E-state index contributed by atoms with van der Waals surface area (Å²) in [5.41, 5.74) is 1.04. The molecule has 0 aliphatic heterocycles. The molecule has 1 aromatic heterocycles. The van der Waals surface area contributed by atoms with Crippen LogP contribution in [0.2, 0.25) is 5.02 Å². The minimum atomic E-state index is -0.681. The maximum absolute atomic E-state index is 13.9. The van der Waals surface area contributed by atoms with Gasteiger partial charge in [0.15, 0.2) is 5.82 Å². The molecule has 18 heavy (non-hydrogen) atoms. The van der Waals surface area contributed by atoms with Crippen molar-refractivity contribution in [1.29, 1.82) is 0 Å². The summed E-state index contributed by atoms with van der Waals surface area (Å²) in [4.78, 5) is 13.8. The van der Waals surface area contributed by atoms with Crippen molar-refractivity contribution in [3.05, 3.63) is 54.4 Å². The number of hydrogen-bond acceptors (Lipinski definition) is 2. The van der Waals surface area contributed by atoms with E-state index in [2.05, 4.69) is 15.9 Å². The average molecular weight is 348 g/mol. The van der Waals surface area contributed by atoms with Gasteiger partial charge in [-0.3, -0.25) is 4.79 Å². The number of carbonyl (C=O) groups is 1. The van der Waals surface area contributed by atoms with Crippen molar-refractivity contribution < 1.29 is 9.18 Å². The van der Waals surface area contributed by atoms with E-state index in [4.69, 9.17) is 11.6 Å². The smallest absolute Gasteiger partial charge is 0.205 e. The van der Waals surface area contributed by atoms with E-state index < -0.39 is 5.82 Å². The molecule has 5 heteroatoms. The van der Waals surface area contributed by atoms with E-state index in [0.29, 0.717) is 9.35 Å². The molecule has 0 amide bonds. The van der Waals surface area contributed by atoms with Crippen LogP contribution in [0.15, 0.2) is 22.7 Å². The monoisotopic (exact) mass is 346 g/mol. The number of aryl methyl sites for hydroxylation is 2. The molecule has 2 aromatic rings. The van der Waals surface area contributed by atoms with Gasteiger partial charge in [-0.05, 0) is 53.5 Å². The zero-order valence-corrected chi connectivity index (χ0v) is 12.8. The highest BCUT2D eigenvalue weighted by molar-refractivity contribution is 9.10. The van der Waals surface area contributed by atoms with E-state index in [1.807, 2.05) is 13.8 Å². The molecular weight excluding hydrogens is 339 g/mol. The Kier molecular flexibility index (Phi) is 3.90. The molecule has 0 aliphatic carbocycles. The molecule has 94 valence electrons. The van der Waals surface area contributed by atoms with E-state index >= 15 is 0 Å². The molecule has 0 atom stereocenters. The molecule has 0 aliphatic rings. The first kappa shape index (κ1) is 13.7. The van der Waals surface area contributed by atoms with Gasteiger partial charge in [0.25, 0.3) is 0 Å².